The zero-order chi connectivity index (χ0) is 14.8. The fourth-order valence-corrected chi connectivity index (χ4v) is 3.41. The second-order valence-electron chi connectivity index (χ2n) is 4.98. The molecule has 0 aliphatic carbocycles. The third-order valence-corrected chi connectivity index (χ3v) is 4.59. The number of benzene rings is 2. The molecule has 0 amide bonds. The molecule has 0 aliphatic heterocycles. The standard InChI is InChI=1S/C17H16N2S2/c1-19(2)14-10-8-12(9-11-14)15-16(21-17(20)18-15)13-6-4-3-5-7-13/h3-11H,1-2H3,(H,18,20). The first-order chi connectivity index (χ1) is 10.1. The first-order valence-electron chi connectivity index (χ1n) is 6.68. The quantitative estimate of drug-likeness (QED) is 0.697. The third-order valence-electron chi connectivity index (χ3n) is 3.31. The molecule has 0 unspecified atom stereocenters. The Morgan fingerprint density at radius 3 is 2.19 bits per heavy atom. The number of thiol groups is 1. The summed E-state index contributed by atoms with van der Waals surface area (Å²) in [5.74, 6) is 0. The molecule has 1 aromatic heterocycles. The largest absolute Gasteiger partial charge is 0.378 e. The van der Waals surface area contributed by atoms with E-state index < -0.39 is 0 Å². The van der Waals surface area contributed by atoms with E-state index in [2.05, 4.69) is 58.9 Å². The Hall–Kier alpha value is -1.78. The molecule has 1 heterocycles. The van der Waals surface area contributed by atoms with E-state index in [4.69, 9.17) is 0 Å². The van der Waals surface area contributed by atoms with Crippen LogP contribution in [0.3, 0.4) is 0 Å². The van der Waals surface area contributed by atoms with Crippen LogP contribution in [0.5, 0.6) is 0 Å². The summed E-state index contributed by atoms with van der Waals surface area (Å²) in [7, 11) is 4.08. The number of rotatable bonds is 3. The molecule has 0 bridgehead atoms. The first kappa shape index (κ1) is 14.2. The zero-order valence-electron chi connectivity index (χ0n) is 11.9. The third kappa shape index (κ3) is 2.96. The highest BCUT2D eigenvalue weighted by Gasteiger charge is 2.13. The lowest BCUT2D eigenvalue weighted by molar-refractivity contribution is 1.13. The number of hydrogen-bond donors (Lipinski definition) is 1. The monoisotopic (exact) mass is 312 g/mol. The van der Waals surface area contributed by atoms with Gasteiger partial charge in [0.25, 0.3) is 0 Å². The van der Waals surface area contributed by atoms with E-state index in [0.29, 0.717) is 0 Å². The molecule has 0 saturated heterocycles. The fourth-order valence-electron chi connectivity index (χ4n) is 2.21. The van der Waals surface area contributed by atoms with Crippen LogP contribution in [0.2, 0.25) is 0 Å². The van der Waals surface area contributed by atoms with E-state index in [9.17, 15) is 0 Å². The van der Waals surface area contributed by atoms with Crippen molar-refractivity contribution in [2.24, 2.45) is 0 Å². The Labute approximate surface area is 134 Å². The van der Waals surface area contributed by atoms with Crippen molar-refractivity contribution in [3.63, 3.8) is 0 Å². The number of aromatic nitrogens is 1. The van der Waals surface area contributed by atoms with Gasteiger partial charge in [0.2, 0.25) is 0 Å². The van der Waals surface area contributed by atoms with Gasteiger partial charge in [-0.05, 0) is 17.7 Å². The van der Waals surface area contributed by atoms with Crippen molar-refractivity contribution in [2.45, 2.75) is 4.34 Å². The summed E-state index contributed by atoms with van der Waals surface area (Å²) >= 11 is 6.04. The summed E-state index contributed by atoms with van der Waals surface area (Å²) in [4.78, 5) is 7.86. The molecule has 0 fully saturated rings. The van der Waals surface area contributed by atoms with Crippen LogP contribution < -0.4 is 4.90 Å². The van der Waals surface area contributed by atoms with Gasteiger partial charge in [0.1, 0.15) is 4.34 Å². The summed E-state index contributed by atoms with van der Waals surface area (Å²) in [6.07, 6.45) is 0. The molecule has 3 aromatic rings. The summed E-state index contributed by atoms with van der Waals surface area (Å²) in [5.41, 5.74) is 4.49. The molecule has 4 heteroatoms. The van der Waals surface area contributed by atoms with Crippen LogP contribution in [0.4, 0.5) is 5.69 Å². The second kappa shape index (κ2) is 5.92. The molecule has 3 rings (SSSR count). The van der Waals surface area contributed by atoms with Crippen molar-refractivity contribution < 1.29 is 0 Å². The van der Waals surface area contributed by atoms with Crippen molar-refractivity contribution in [3.8, 4) is 21.7 Å². The van der Waals surface area contributed by atoms with Crippen LogP contribution in [0.1, 0.15) is 0 Å². The SMILES string of the molecule is CN(C)c1ccc(-c2nc(S)sc2-c2ccccc2)cc1. The van der Waals surface area contributed by atoms with Gasteiger partial charge >= 0.3 is 0 Å². The molecule has 0 radical (unpaired) electrons. The highest BCUT2D eigenvalue weighted by molar-refractivity contribution is 7.82. The van der Waals surface area contributed by atoms with Gasteiger partial charge in [-0.3, -0.25) is 0 Å². The van der Waals surface area contributed by atoms with Crippen molar-refractivity contribution in [3.05, 3.63) is 54.6 Å². The molecule has 0 aliphatic rings. The molecular weight excluding hydrogens is 296 g/mol. The topological polar surface area (TPSA) is 16.1 Å². The molecule has 0 atom stereocenters. The van der Waals surface area contributed by atoms with E-state index >= 15 is 0 Å². The number of hydrogen-bond acceptors (Lipinski definition) is 4. The van der Waals surface area contributed by atoms with Crippen LogP contribution in [0, 0.1) is 0 Å². The molecule has 2 nitrogen and oxygen atoms in total. The lowest BCUT2D eigenvalue weighted by atomic mass is 10.1. The minimum absolute atomic E-state index is 0.792. The van der Waals surface area contributed by atoms with Gasteiger partial charge in [-0.15, -0.1) is 24.0 Å². The van der Waals surface area contributed by atoms with E-state index in [1.165, 1.54) is 16.1 Å². The molecular formula is C17H16N2S2. The van der Waals surface area contributed by atoms with Crippen molar-refractivity contribution >= 4 is 29.7 Å². The van der Waals surface area contributed by atoms with Gasteiger partial charge < -0.3 is 4.90 Å². The van der Waals surface area contributed by atoms with E-state index in [0.717, 1.165) is 15.6 Å². The summed E-state index contributed by atoms with van der Waals surface area (Å²) < 4.78 is 0.792. The maximum Gasteiger partial charge on any atom is 0.148 e. The van der Waals surface area contributed by atoms with Gasteiger partial charge in [-0.25, -0.2) is 4.98 Å². The van der Waals surface area contributed by atoms with Crippen molar-refractivity contribution in [2.75, 3.05) is 19.0 Å². The second-order valence-corrected chi connectivity index (χ2v) is 6.71. The Bertz CT molecular complexity index is 731. The molecule has 0 spiro atoms. The predicted molar refractivity (Wildman–Crippen MR) is 94.6 cm³/mol. The first-order valence-corrected chi connectivity index (χ1v) is 7.94. The van der Waals surface area contributed by atoms with E-state index in [1.807, 2.05) is 32.3 Å². The number of nitrogens with zero attached hydrogens (tertiary/aromatic N) is 2. The van der Waals surface area contributed by atoms with Gasteiger partial charge in [-0.1, -0.05) is 42.5 Å². The molecule has 106 valence electrons. The number of thiazole rings is 1. The van der Waals surface area contributed by atoms with Crippen LogP contribution >= 0.6 is 24.0 Å². The summed E-state index contributed by atoms with van der Waals surface area (Å²) in [5, 5.41) is 0. The average molecular weight is 312 g/mol. The molecule has 21 heavy (non-hydrogen) atoms. The molecule has 2 aromatic carbocycles. The smallest absolute Gasteiger partial charge is 0.148 e. The van der Waals surface area contributed by atoms with Gasteiger partial charge in [0.05, 0.1) is 10.6 Å². The van der Waals surface area contributed by atoms with Gasteiger partial charge in [0.15, 0.2) is 0 Å². The molecule has 0 saturated carbocycles. The predicted octanol–water partition coefficient (Wildman–Crippen LogP) is 4.83. The number of anilines is 1. The Morgan fingerprint density at radius 2 is 1.57 bits per heavy atom. The zero-order valence-corrected chi connectivity index (χ0v) is 13.7. The Balaban J connectivity index is 2.07. The van der Waals surface area contributed by atoms with Gasteiger partial charge in [-0.2, -0.15) is 0 Å². The maximum atomic E-state index is 4.60. The van der Waals surface area contributed by atoms with Crippen LogP contribution in [-0.2, 0) is 0 Å². The van der Waals surface area contributed by atoms with Crippen LogP contribution in [0.25, 0.3) is 21.7 Å². The van der Waals surface area contributed by atoms with E-state index in [-0.39, 0.29) is 0 Å². The molecule has 0 N–H and O–H groups in total. The fraction of sp³-hybridized carbons (Fsp3) is 0.118. The minimum atomic E-state index is 0.792. The highest BCUT2D eigenvalue weighted by atomic mass is 32.2. The normalized spacial score (nSPS) is 10.6. The van der Waals surface area contributed by atoms with Gasteiger partial charge in [0, 0.05) is 25.3 Å². The van der Waals surface area contributed by atoms with Crippen molar-refractivity contribution in [1.82, 2.24) is 4.98 Å². The highest BCUT2D eigenvalue weighted by Crippen LogP contribution is 2.38. The van der Waals surface area contributed by atoms with E-state index in [1.54, 1.807) is 11.3 Å². The van der Waals surface area contributed by atoms with Crippen molar-refractivity contribution in [1.29, 1.82) is 0 Å². The lowest BCUT2D eigenvalue weighted by Crippen LogP contribution is -2.07. The maximum absolute atomic E-state index is 4.60. The van der Waals surface area contributed by atoms with Crippen LogP contribution in [0.15, 0.2) is 58.9 Å². The summed E-state index contributed by atoms with van der Waals surface area (Å²) in [6, 6.07) is 18.8. The average Bonchev–Trinajstić information content (AvgIpc) is 2.90. The summed E-state index contributed by atoms with van der Waals surface area (Å²) in [6.45, 7) is 0. The minimum Gasteiger partial charge on any atom is -0.378 e. The van der Waals surface area contributed by atoms with Crippen LogP contribution in [-0.4, -0.2) is 19.1 Å². The Kier molecular flexibility index (Phi) is 3.99. The Morgan fingerprint density at radius 1 is 0.905 bits per heavy atom. The lowest BCUT2D eigenvalue weighted by Gasteiger charge is -2.12.